The lowest BCUT2D eigenvalue weighted by Crippen LogP contribution is -2.12. The number of esters is 2. The topological polar surface area (TPSA) is 136 Å². The predicted octanol–water partition coefficient (Wildman–Crippen LogP) is 10.4. The van der Waals surface area contributed by atoms with Crippen LogP contribution >= 0.6 is 22.7 Å². The number of carbonyl (C=O) groups is 2. The van der Waals surface area contributed by atoms with Crippen molar-refractivity contribution in [1.82, 2.24) is 4.98 Å². The van der Waals surface area contributed by atoms with Crippen LogP contribution in [0.1, 0.15) is 58.3 Å². The van der Waals surface area contributed by atoms with Crippen LogP contribution in [0.2, 0.25) is 0 Å². The van der Waals surface area contributed by atoms with Crippen molar-refractivity contribution >= 4 is 71.3 Å². The largest absolute Gasteiger partial charge is 0.494 e. The Labute approximate surface area is 282 Å². The molecule has 13 heteroatoms. The van der Waals surface area contributed by atoms with Gasteiger partial charge < -0.3 is 19.5 Å². The molecule has 0 saturated heterocycles. The average Bonchev–Trinajstić information content (AvgIpc) is 3.66. The van der Waals surface area contributed by atoms with E-state index in [1.165, 1.54) is 41.9 Å². The molecule has 0 fully saturated rings. The lowest BCUT2D eigenvalue weighted by atomic mass is 10.1. The number of hydrogen-bond donors (Lipinski definition) is 1. The molecule has 0 amide bonds. The predicted molar refractivity (Wildman–Crippen MR) is 187 cm³/mol. The molecule has 0 radical (unpaired) electrons. The molecular weight excluding hydrogens is 637 g/mol. The smallest absolute Gasteiger partial charge is 0.330 e. The van der Waals surface area contributed by atoms with Gasteiger partial charge in [0.25, 0.3) is 0 Å². The van der Waals surface area contributed by atoms with Crippen LogP contribution in [0.4, 0.5) is 27.2 Å². The molecule has 4 rings (SSSR count). The molecule has 0 unspecified atom stereocenters. The second kappa shape index (κ2) is 19.9. The molecular formula is C34H40N6O5S2. The third kappa shape index (κ3) is 13.0. The SMILES string of the molecule is C=CC(=O)OCCNc1ccc(/N=N/c2nc3sc(/N=N/c4ccc(OCCCCCCCCCOC(=O)CC)cc4)cc3s2)cc1. The zero-order valence-corrected chi connectivity index (χ0v) is 28.2. The number of azo groups is 2. The second-order valence-corrected chi connectivity index (χ2v) is 12.4. The van der Waals surface area contributed by atoms with Gasteiger partial charge in [0.15, 0.2) is 0 Å². The summed E-state index contributed by atoms with van der Waals surface area (Å²) >= 11 is 2.90. The Morgan fingerprint density at radius 1 is 0.809 bits per heavy atom. The molecule has 0 spiro atoms. The Balaban J connectivity index is 1.12. The minimum Gasteiger partial charge on any atom is -0.494 e. The molecule has 0 aliphatic carbocycles. The zero-order chi connectivity index (χ0) is 33.1. The van der Waals surface area contributed by atoms with Crippen LogP contribution in [0.5, 0.6) is 5.75 Å². The van der Waals surface area contributed by atoms with Gasteiger partial charge in [-0.05, 0) is 67.4 Å². The molecule has 0 atom stereocenters. The summed E-state index contributed by atoms with van der Waals surface area (Å²) in [5.74, 6) is 0.268. The number of fused-ring (bicyclic) bond motifs is 1. The van der Waals surface area contributed by atoms with E-state index >= 15 is 0 Å². The van der Waals surface area contributed by atoms with Crippen molar-refractivity contribution in [2.24, 2.45) is 20.5 Å². The first-order valence-electron chi connectivity index (χ1n) is 15.8. The average molecular weight is 677 g/mol. The monoisotopic (exact) mass is 676 g/mol. The minimum absolute atomic E-state index is 0.115. The Bertz CT molecular complexity index is 1580. The number of carbonyl (C=O) groups excluding carboxylic acids is 2. The van der Waals surface area contributed by atoms with Crippen LogP contribution in [-0.4, -0.2) is 43.3 Å². The van der Waals surface area contributed by atoms with Crippen LogP contribution in [0, 0.1) is 0 Å². The molecule has 2 heterocycles. The summed E-state index contributed by atoms with van der Waals surface area (Å²) in [5, 5.41) is 21.8. The molecule has 47 heavy (non-hydrogen) atoms. The molecule has 0 aliphatic heterocycles. The van der Waals surface area contributed by atoms with Crippen LogP contribution in [-0.2, 0) is 19.1 Å². The van der Waals surface area contributed by atoms with E-state index in [1.54, 1.807) is 0 Å². The van der Waals surface area contributed by atoms with Gasteiger partial charge in [0.05, 0.1) is 29.3 Å². The van der Waals surface area contributed by atoms with Crippen molar-refractivity contribution in [3.8, 4) is 5.75 Å². The maximum Gasteiger partial charge on any atom is 0.330 e. The first-order valence-corrected chi connectivity index (χ1v) is 17.4. The Hall–Kier alpha value is -4.49. The molecule has 0 saturated carbocycles. The van der Waals surface area contributed by atoms with Gasteiger partial charge in [-0.25, -0.2) is 9.78 Å². The van der Waals surface area contributed by atoms with Crippen LogP contribution in [0.3, 0.4) is 0 Å². The fourth-order valence-corrected chi connectivity index (χ4v) is 6.09. The van der Waals surface area contributed by atoms with Crippen LogP contribution in [0.15, 0.2) is 87.7 Å². The number of hydrogen-bond acceptors (Lipinski definition) is 13. The third-order valence-electron chi connectivity index (χ3n) is 6.74. The van der Waals surface area contributed by atoms with Gasteiger partial charge in [-0.3, -0.25) is 4.79 Å². The lowest BCUT2D eigenvalue weighted by molar-refractivity contribution is -0.143. The molecule has 11 nitrogen and oxygen atoms in total. The molecule has 2 aromatic heterocycles. The summed E-state index contributed by atoms with van der Waals surface area (Å²) in [4.78, 5) is 27.6. The molecule has 4 aromatic rings. The number of unbranched alkanes of at least 4 members (excludes halogenated alkanes) is 6. The van der Waals surface area contributed by atoms with Crippen molar-refractivity contribution in [1.29, 1.82) is 0 Å². The fourth-order valence-electron chi connectivity index (χ4n) is 4.24. The number of rotatable bonds is 21. The maximum absolute atomic E-state index is 11.1. The maximum atomic E-state index is 11.1. The van der Waals surface area contributed by atoms with Gasteiger partial charge in [0, 0.05) is 24.7 Å². The van der Waals surface area contributed by atoms with Gasteiger partial charge in [-0.1, -0.05) is 68.3 Å². The lowest BCUT2D eigenvalue weighted by Gasteiger charge is -2.06. The summed E-state index contributed by atoms with van der Waals surface area (Å²) in [7, 11) is 0. The van der Waals surface area contributed by atoms with Crippen LogP contribution in [0.25, 0.3) is 9.53 Å². The summed E-state index contributed by atoms with van der Waals surface area (Å²) in [6, 6.07) is 17.0. The van der Waals surface area contributed by atoms with E-state index in [9.17, 15) is 9.59 Å². The number of benzene rings is 2. The summed E-state index contributed by atoms with van der Waals surface area (Å²) in [5.41, 5.74) is 2.33. The highest BCUT2D eigenvalue weighted by Crippen LogP contribution is 2.39. The summed E-state index contributed by atoms with van der Waals surface area (Å²) in [6.45, 7) is 7.16. The Morgan fingerprint density at radius 2 is 1.47 bits per heavy atom. The van der Waals surface area contributed by atoms with Crippen molar-refractivity contribution in [3.05, 3.63) is 67.3 Å². The zero-order valence-electron chi connectivity index (χ0n) is 26.6. The first-order chi connectivity index (χ1) is 23.0. The van der Waals surface area contributed by atoms with Gasteiger partial charge in [0.2, 0.25) is 5.13 Å². The summed E-state index contributed by atoms with van der Waals surface area (Å²) < 4.78 is 16.9. The van der Waals surface area contributed by atoms with Gasteiger partial charge in [-0.2, -0.15) is 0 Å². The Kier molecular flexibility index (Phi) is 15.0. The second-order valence-electron chi connectivity index (χ2n) is 10.4. The van der Waals surface area contributed by atoms with Crippen molar-refractivity contribution in [2.75, 3.05) is 31.7 Å². The highest BCUT2D eigenvalue weighted by atomic mass is 32.1. The number of thiazole rings is 1. The number of thiophene rings is 1. The van der Waals surface area contributed by atoms with Crippen molar-refractivity contribution in [2.45, 2.75) is 58.3 Å². The molecule has 0 bridgehead atoms. The number of aromatic nitrogens is 1. The number of ether oxygens (including phenoxy) is 3. The van der Waals surface area contributed by atoms with E-state index in [1.807, 2.05) is 61.5 Å². The molecule has 1 N–H and O–H groups in total. The highest BCUT2D eigenvalue weighted by Gasteiger charge is 2.08. The fraction of sp³-hybridized carbons (Fsp3) is 0.382. The third-order valence-corrected chi connectivity index (χ3v) is 8.66. The van der Waals surface area contributed by atoms with E-state index in [0.29, 0.717) is 37.0 Å². The van der Waals surface area contributed by atoms with Crippen LogP contribution < -0.4 is 10.1 Å². The Morgan fingerprint density at radius 3 is 2.15 bits per heavy atom. The van der Waals surface area contributed by atoms with Gasteiger partial charge >= 0.3 is 11.9 Å². The van der Waals surface area contributed by atoms with Gasteiger partial charge in [-0.15, -0.1) is 20.5 Å². The van der Waals surface area contributed by atoms with Gasteiger partial charge in [0.1, 0.15) is 22.2 Å². The highest BCUT2D eigenvalue weighted by molar-refractivity contribution is 7.30. The molecule has 2 aromatic carbocycles. The first kappa shape index (κ1) is 35.4. The van der Waals surface area contributed by atoms with E-state index in [0.717, 1.165) is 63.4 Å². The molecule has 248 valence electrons. The van der Waals surface area contributed by atoms with Crippen molar-refractivity contribution < 1.29 is 23.8 Å². The minimum atomic E-state index is -0.440. The number of anilines is 1. The van der Waals surface area contributed by atoms with E-state index in [2.05, 4.69) is 37.3 Å². The van der Waals surface area contributed by atoms with E-state index < -0.39 is 5.97 Å². The number of nitrogens with one attached hydrogen (secondary N) is 1. The summed E-state index contributed by atoms with van der Waals surface area (Å²) in [6.07, 6.45) is 9.35. The normalized spacial score (nSPS) is 11.3. The quantitative estimate of drug-likeness (QED) is 0.0401. The number of nitrogens with zero attached hydrogens (tertiary/aromatic N) is 5. The molecule has 0 aliphatic rings. The standard InChI is InChI=1S/C34H40N6O5S2/c1-3-31(41)44-22-11-9-7-5-6-8-10-21-43-28-18-16-27(17-19-28)37-39-30-24-29-33(47-30)36-34(46-29)40-38-26-14-12-25(13-15-26)35-20-23-45-32(42)4-2/h4,12-19,24,35H,2-3,5-11,20-23H2,1H3/b39-37+,40-38+. The van der Waals surface area contributed by atoms with E-state index in [4.69, 9.17) is 14.2 Å². The van der Waals surface area contributed by atoms with Crippen molar-refractivity contribution in [3.63, 3.8) is 0 Å². The van der Waals surface area contributed by atoms with E-state index in [-0.39, 0.29) is 12.6 Å².